The number of hydrogen-bond acceptors (Lipinski definition) is 4. The maximum Gasteiger partial charge on any atom is 0.229 e. The molecule has 1 fully saturated rings. The number of rotatable bonds is 3. The predicted molar refractivity (Wildman–Crippen MR) is 92.1 cm³/mol. The van der Waals surface area contributed by atoms with Crippen LogP contribution in [0.15, 0.2) is 43.0 Å². The third kappa shape index (κ3) is 3.39. The highest BCUT2D eigenvalue weighted by atomic mass is 16.5. The van der Waals surface area contributed by atoms with Crippen molar-refractivity contribution < 1.29 is 14.6 Å². The molecule has 0 bridgehead atoms. The molecule has 0 radical (unpaired) electrons. The number of carbonyl (C=O) groups excluding carboxylic acids is 1. The van der Waals surface area contributed by atoms with Gasteiger partial charge >= 0.3 is 0 Å². The van der Waals surface area contributed by atoms with Gasteiger partial charge in [-0.05, 0) is 30.9 Å². The number of hydrogen-bond donors (Lipinski definition) is 1. The fourth-order valence-corrected chi connectivity index (χ4v) is 3.77. The lowest BCUT2D eigenvalue weighted by Crippen LogP contribution is -2.51. The Hall–Kier alpha value is -2.34. The number of amides is 1. The Morgan fingerprint density at radius 1 is 1.32 bits per heavy atom. The van der Waals surface area contributed by atoms with Crippen LogP contribution in [0.4, 0.5) is 0 Å². The predicted octanol–water partition coefficient (Wildman–Crippen LogP) is 1.49. The van der Waals surface area contributed by atoms with E-state index in [2.05, 4.69) is 4.98 Å². The van der Waals surface area contributed by atoms with Crippen LogP contribution in [0.1, 0.15) is 18.4 Å². The molecule has 0 spiro atoms. The second-order valence-electron chi connectivity index (χ2n) is 7.10. The van der Waals surface area contributed by atoms with E-state index in [9.17, 15) is 9.90 Å². The Kier molecular flexibility index (Phi) is 4.21. The monoisotopic (exact) mass is 341 g/mol. The summed E-state index contributed by atoms with van der Waals surface area (Å²) >= 11 is 0. The Labute approximate surface area is 147 Å². The van der Waals surface area contributed by atoms with E-state index in [-0.39, 0.29) is 11.8 Å². The lowest BCUT2D eigenvalue weighted by atomic mass is 9.89. The summed E-state index contributed by atoms with van der Waals surface area (Å²) in [4.78, 5) is 18.7. The zero-order chi connectivity index (χ0) is 17.3. The molecule has 1 saturated heterocycles. The molecule has 4 rings (SSSR count). The Morgan fingerprint density at radius 3 is 2.88 bits per heavy atom. The summed E-state index contributed by atoms with van der Waals surface area (Å²) in [7, 11) is 0. The number of likely N-dealkylation sites (tertiary alicyclic amines) is 1. The van der Waals surface area contributed by atoms with Gasteiger partial charge in [0.25, 0.3) is 0 Å². The van der Waals surface area contributed by atoms with Crippen molar-refractivity contribution in [3.8, 4) is 5.75 Å². The van der Waals surface area contributed by atoms with Crippen molar-refractivity contribution in [1.29, 1.82) is 0 Å². The third-order valence-corrected chi connectivity index (χ3v) is 5.27. The lowest BCUT2D eigenvalue weighted by molar-refractivity contribution is -0.141. The summed E-state index contributed by atoms with van der Waals surface area (Å²) in [6.07, 6.45) is 7.18. The smallest absolute Gasteiger partial charge is 0.229 e. The molecule has 132 valence electrons. The highest BCUT2D eigenvalue weighted by molar-refractivity contribution is 5.80. The second-order valence-corrected chi connectivity index (χ2v) is 7.10. The van der Waals surface area contributed by atoms with Gasteiger partial charge in [-0.15, -0.1) is 0 Å². The fraction of sp³-hybridized carbons (Fsp3) is 0.474. The van der Waals surface area contributed by atoms with E-state index in [0.717, 1.165) is 17.7 Å². The van der Waals surface area contributed by atoms with E-state index >= 15 is 0 Å². The van der Waals surface area contributed by atoms with Crippen LogP contribution in [-0.4, -0.2) is 50.8 Å². The van der Waals surface area contributed by atoms with Crippen molar-refractivity contribution >= 4 is 5.91 Å². The first-order chi connectivity index (χ1) is 12.1. The van der Waals surface area contributed by atoms with Crippen LogP contribution in [0.5, 0.6) is 5.75 Å². The Morgan fingerprint density at radius 2 is 2.12 bits per heavy atom. The molecule has 1 atom stereocenters. The molecular formula is C19H23N3O3. The largest absolute Gasteiger partial charge is 0.492 e. The van der Waals surface area contributed by atoms with Crippen LogP contribution in [0, 0.1) is 5.92 Å². The maximum absolute atomic E-state index is 12.8. The molecular weight excluding hydrogens is 318 g/mol. The second kappa shape index (κ2) is 6.52. The first-order valence-corrected chi connectivity index (χ1v) is 8.81. The van der Waals surface area contributed by atoms with Gasteiger partial charge in [-0.1, -0.05) is 18.2 Å². The minimum Gasteiger partial charge on any atom is -0.492 e. The van der Waals surface area contributed by atoms with Crippen LogP contribution in [0.2, 0.25) is 0 Å². The molecule has 1 amide bonds. The van der Waals surface area contributed by atoms with Gasteiger partial charge in [-0.25, -0.2) is 4.98 Å². The van der Waals surface area contributed by atoms with Crippen LogP contribution in [0.3, 0.4) is 0 Å². The standard InChI is InChI=1S/C19H23N3O3/c23-18(16-11-15-3-1-2-4-17(15)25-12-16)22-8-5-19(24,6-9-22)13-21-10-7-20-14-21/h1-4,7,10,14,16,24H,5-6,8-9,11-13H2/t16-/m0/s1. The number of fused-ring (bicyclic) bond motifs is 1. The first-order valence-electron chi connectivity index (χ1n) is 8.81. The van der Waals surface area contributed by atoms with E-state index in [1.807, 2.05) is 39.9 Å². The molecule has 1 aromatic carbocycles. The summed E-state index contributed by atoms with van der Waals surface area (Å²) in [5.41, 5.74) is 0.327. The summed E-state index contributed by atoms with van der Waals surface area (Å²) in [6, 6.07) is 7.90. The minimum atomic E-state index is -0.771. The fourth-order valence-electron chi connectivity index (χ4n) is 3.77. The summed E-state index contributed by atoms with van der Waals surface area (Å²) in [6.45, 7) is 2.13. The van der Waals surface area contributed by atoms with Gasteiger partial charge in [-0.3, -0.25) is 4.79 Å². The normalized spacial score (nSPS) is 22.1. The Bertz CT molecular complexity index is 736. The van der Waals surface area contributed by atoms with Gasteiger partial charge in [0.05, 0.1) is 24.4 Å². The molecule has 2 aromatic rings. The van der Waals surface area contributed by atoms with Gasteiger partial charge in [0.15, 0.2) is 0 Å². The molecule has 2 aliphatic rings. The molecule has 3 heterocycles. The number of nitrogens with zero attached hydrogens (tertiary/aromatic N) is 3. The summed E-state index contributed by atoms with van der Waals surface area (Å²) in [5, 5.41) is 10.8. The van der Waals surface area contributed by atoms with E-state index in [1.54, 1.807) is 12.5 Å². The molecule has 0 unspecified atom stereocenters. The van der Waals surface area contributed by atoms with Crippen LogP contribution >= 0.6 is 0 Å². The van der Waals surface area contributed by atoms with Crippen LogP contribution in [0.25, 0.3) is 0 Å². The van der Waals surface area contributed by atoms with Gasteiger partial charge in [0.2, 0.25) is 5.91 Å². The minimum absolute atomic E-state index is 0.130. The molecule has 2 aliphatic heterocycles. The quantitative estimate of drug-likeness (QED) is 0.918. The van der Waals surface area contributed by atoms with E-state index in [1.165, 1.54) is 0 Å². The van der Waals surface area contributed by atoms with Gasteiger partial charge in [0, 0.05) is 25.5 Å². The highest BCUT2D eigenvalue weighted by Gasteiger charge is 2.37. The number of piperidine rings is 1. The average molecular weight is 341 g/mol. The number of benzene rings is 1. The van der Waals surface area contributed by atoms with Gasteiger partial charge < -0.3 is 19.3 Å². The van der Waals surface area contributed by atoms with Gasteiger partial charge in [0.1, 0.15) is 12.4 Å². The molecule has 6 nitrogen and oxygen atoms in total. The van der Waals surface area contributed by atoms with E-state index < -0.39 is 5.60 Å². The molecule has 1 aromatic heterocycles. The molecule has 0 aliphatic carbocycles. The van der Waals surface area contributed by atoms with Crippen molar-refractivity contribution in [2.45, 2.75) is 31.4 Å². The van der Waals surface area contributed by atoms with E-state index in [0.29, 0.717) is 39.1 Å². The number of carbonyl (C=O) groups is 1. The molecule has 0 saturated carbocycles. The average Bonchev–Trinajstić information content (AvgIpc) is 3.14. The summed E-state index contributed by atoms with van der Waals surface area (Å²) in [5.74, 6) is 0.897. The first kappa shape index (κ1) is 16.1. The van der Waals surface area contributed by atoms with Crippen molar-refractivity contribution in [3.05, 3.63) is 48.5 Å². The van der Waals surface area contributed by atoms with Crippen molar-refractivity contribution in [2.75, 3.05) is 19.7 Å². The Balaban J connectivity index is 1.35. The maximum atomic E-state index is 12.8. The van der Waals surface area contributed by atoms with Crippen molar-refractivity contribution in [3.63, 3.8) is 0 Å². The SMILES string of the molecule is O=C([C@@H]1COc2ccccc2C1)N1CCC(O)(Cn2ccnc2)CC1. The lowest BCUT2D eigenvalue weighted by Gasteiger charge is -2.40. The number of para-hydroxylation sites is 1. The third-order valence-electron chi connectivity index (χ3n) is 5.27. The number of imidazole rings is 1. The topological polar surface area (TPSA) is 67.6 Å². The zero-order valence-electron chi connectivity index (χ0n) is 14.2. The van der Waals surface area contributed by atoms with Crippen LogP contribution in [-0.2, 0) is 17.8 Å². The van der Waals surface area contributed by atoms with Crippen LogP contribution < -0.4 is 4.74 Å². The molecule has 1 N–H and O–H groups in total. The number of aromatic nitrogens is 2. The number of aliphatic hydroxyl groups is 1. The molecule has 25 heavy (non-hydrogen) atoms. The molecule has 6 heteroatoms. The highest BCUT2D eigenvalue weighted by Crippen LogP contribution is 2.30. The van der Waals surface area contributed by atoms with Crippen molar-refractivity contribution in [2.24, 2.45) is 5.92 Å². The zero-order valence-corrected chi connectivity index (χ0v) is 14.2. The van der Waals surface area contributed by atoms with E-state index in [4.69, 9.17) is 4.74 Å². The van der Waals surface area contributed by atoms with Crippen molar-refractivity contribution in [1.82, 2.24) is 14.5 Å². The van der Waals surface area contributed by atoms with Gasteiger partial charge in [-0.2, -0.15) is 0 Å². The number of ether oxygens (including phenoxy) is 1. The summed E-state index contributed by atoms with van der Waals surface area (Å²) < 4.78 is 7.64.